The SMILES string of the molecule is NC(=O)c1ccc(C(=O)OCC(=O)Nc2ccccc2F)cc1. The molecular weight excluding hydrogens is 303 g/mol. The number of anilines is 1. The molecule has 2 rings (SSSR count). The summed E-state index contributed by atoms with van der Waals surface area (Å²) in [5.74, 6) is -2.62. The van der Waals surface area contributed by atoms with Gasteiger partial charge in [0.05, 0.1) is 11.3 Å². The van der Waals surface area contributed by atoms with Crippen molar-refractivity contribution in [3.05, 3.63) is 65.5 Å². The highest BCUT2D eigenvalue weighted by atomic mass is 19.1. The molecule has 0 saturated carbocycles. The Hall–Kier alpha value is -3.22. The lowest BCUT2D eigenvalue weighted by Crippen LogP contribution is -2.21. The van der Waals surface area contributed by atoms with Crippen molar-refractivity contribution >= 4 is 23.5 Å². The average Bonchev–Trinajstić information content (AvgIpc) is 2.55. The first-order chi connectivity index (χ1) is 11.0. The molecule has 2 amide bonds. The highest BCUT2D eigenvalue weighted by Crippen LogP contribution is 2.12. The number of amides is 2. The number of ether oxygens (including phenoxy) is 1. The first kappa shape index (κ1) is 16.2. The molecule has 0 heterocycles. The summed E-state index contributed by atoms with van der Waals surface area (Å²) in [7, 11) is 0. The first-order valence-corrected chi connectivity index (χ1v) is 6.59. The van der Waals surface area contributed by atoms with Crippen LogP contribution < -0.4 is 11.1 Å². The van der Waals surface area contributed by atoms with Crippen LogP contribution >= 0.6 is 0 Å². The molecule has 3 N–H and O–H groups in total. The van der Waals surface area contributed by atoms with E-state index in [-0.39, 0.29) is 16.8 Å². The number of nitrogens with one attached hydrogen (secondary N) is 1. The van der Waals surface area contributed by atoms with Gasteiger partial charge in [0.15, 0.2) is 6.61 Å². The Balaban J connectivity index is 1.90. The van der Waals surface area contributed by atoms with Crippen LogP contribution in [0, 0.1) is 5.82 Å². The Morgan fingerprint density at radius 3 is 2.22 bits per heavy atom. The van der Waals surface area contributed by atoms with Crippen LogP contribution in [0.15, 0.2) is 48.5 Å². The first-order valence-electron chi connectivity index (χ1n) is 6.59. The summed E-state index contributed by atoms with van der Waals surface area (Å²) in [6.07, 6.45) is 0. The Bertz CT molecular complexity index is 744. The fraction of sp³-hybridized carbons (Fsp3) is 0.0625. The summed E-state index contributed by atoms with van der Waals surface area (Å²) in [6, 6.07) is 11.1. The van der Waals surface area contributed by atoms with Gasteiger partial charge < -0.3 is 15.8 Å². The van der Waals surface area contributed by atoms with E-state index in [2.05, 4.69) is 5.32 Å². The van der Waals surface area contributed by atoms with Gasteiger partial charge in [-0.25, -0.2) is 9.18 Å². The van der Waals surface area contributed by atoms with Crippen molar-refractivity contribution in [3.8, 4) is 0 Å². The molecule has 0 aliphatic rings. The summed E-state index contributed by atoms with van der Waals surface area (Å²) in [5, 5.41) is 2.29. The van der Waals surface area contributed by atoms with Gasteiger partial charge in [0, 0.05) is 5.56 Å². The van der Waals surface area contributed by atoms with Gasteiger partial charge in [0.1, 0.15) is 5.82 Å². The van der Waals surface area contributed by atoms with E-state index in [1.807, 2.05) is 0 Å². The number of esters is 1. The molecule has 2 aromatic carbocycles. The Morgan fingerprint density at radius 1 is 1.00 bits per heavy atom. The van der Waals surface area contributed by atoms with Gasteiger partial charge in [-0.15, -0.1) is 0 Å². The minimum Gasteiger partial charge on any atom is -0.452 e. The van der Waals surface area contributed by atoms with Crippen LogP contribution in [0.2, 0.25) is 0 Å². The van der Waals surface area contributed by atoms with Gasteiger partial charge in [-0.3, -0.25) is 9.59 Å². The number of hydrogen-bond donors (Lipinski definition) is 2. The van der Waals surface area contributed by atoms with Crippen molar-refractivity contribution in [3.63, 3.8) is 0 Å². The number of rotatable bonds is 5. The minimum absolute atomic E-state index is 0.000593. The second kappa shape index (κ2) is 7.17. The quantitative estimate of drug-likeness (QED) is 0.821. The molecule has 7 heteroatoms. The number of benzene rings is 2. The molecule has 0 atom stereocenters. The zero-order valence-electron chi connectivity index (χ0n) is 11.9. The predicted octanol–water partition coefficient (Wildman–Crippen LogP) is 1.72. The molecular formula is C16H13FN2O4. The zero-order chi connectivity index (χ0) is 16.8. The van der Waals surface area contributed by atoms with Gasteiger partial charge in [-0.1, -0.05) is 12.1 Å². The smallest absolute Gasteiger partial charge is 0.338 e. The Labute approximate surface area is 131 Å². The summed E-state index contributed by atoms with van der Waals surface area (Å²) in [5.41, 5.74) is 5.49. The van der Waals surface area contributed by atoms with Gasteiger partial charge in [0.2, 0.25) is 5.91 Å². The van der Waals surface area contributed by atoms with Crippen LogP contribution in [-0.2, 0) is 9.53 Å². The van der Waals surface area contributed by atoms with Crippen molar-refractivity contribution in [1.29, 1.82) is 0 Å². The number of para-hydroxylation sites is 1. The van der Waals surface area contributed by atoms with Crippen LogP contribution in [0.4, 0.5) is 10.1 Å². The van der Waals surface area contributed by atoms with Crippen molar-refractivity contribution in [2.45, 2.75) is 0 Å². The monoisotopic (exact) mass is 316 g/mol. The molecule has 0 unspecified atom stereocenters. The van der Waals surface area contributed by atoms with Crippen LogP contribution in [0.5, 0.6) is 0 Å². The van der Waals surface area contributed by atoms with E-state index in [0.717, 1.165) is 0 Å². The van der Waals surface area contributed by atoms with Crippen molar-refractivity contribution < 1.29 is 23.5 Å². The van der Waals surface area contributed by atoms with Crippen LogP contribution in [0.3, 0.4) is 0 Å². The third-order valence-electron chi connectivity index (χ3n) is 2.89. The summed E-state index contributed by atoms with van der Waals surface area (Å²) in [6.45, 7) is -0.565. The third-order valence-corrected chi connectivity index (χ3v) is 2.89. The van der Waals surface area contributed by atoms with E-state index >= 15 is 0 Å². The van der Waals surface area contributed by atoms with E-state index in [0.29, 0.717) is 0 Å². The second-order valence-electron chi connectivity index (χ2n) is 4.55. The summed E-state index contributed by atoms with van der Waals surface area (Å²) >= 11 is 0. The lowest BCUT2D eigenvalue weighted by molar-refractivity contribution is -0.119. The molecule has 0 saturated heterocycles. The number of hydrogen-bond acceptors (Lipinski definition) is 4. The van der Waals surface area contributed by atoms with E-state index < -0.39 is 30.2 Å². The highest BCUT2D eigenvalue weighted by Gasteiger charge is 2.12. The fourth-order valence-electron chi connectivity index (χ4n) is 1.73. The molecule has 0 fully saturated rings. The van der Waals surface area contributed by atoms with E-state index in [9.17, 15) is 18.8 Å². The van der Waals surface area contributed by atoms with Crippen LogP contribution in [-0.4, -0.2) is 24.4 Å². The number of primary amides is 1. The molecule has 118 valence electrons. The predicted molar refractivity (Wildman–Crippen MR) is 80.3 cm³/mol. The topological polar surface area (TPSA) is 98.5 Å². The maximum Gasteiger partial charge on any atom is 0.338 e. The normalized spacial score (nSPS) is 9.96. The summed E-state index contributed by atoms with van der Waals surface area (Å²) < 4.78 is 18.2. The molecule has 0 spiro atoms. The van der Waals surface area contributed by atoms with E-state index in [4.69, 9.17) is 10.5 Å². The van der Waals surface area contributed by atoms with E-state index in [1.54, 1.807) is 6.07 Å². The Morgan fingerprint density at radius 2 is 1.61 bits per heavy atom. The van der Waals surface area contributed by atoms with Gasteiger partial charge in [-0.05, 0) is 36.4 Å². The van der Waals surface area contributed by atoms with Gasteiger partial charge in [-0.2, -0.15) is 0 Å². The average molecular weight is 316 g/mol. The fourth-order valence-corrected chi connectivity index (χ4v) is 1.73. The summed E-state index contributed by atoms with van der Waals surface area (Å²) in [4.78, 5) is 34.3. The zero-order valence-corrected chi connectivity index (χ0v) is 11.9. The number of carbonyl (C=O) groups is 3. The molecule has 0 aliphatic heterocycles. The molecule has 23 heavy (non-hydrogen) atoms. The number of halogens is 1. The second-order valence-corrected chi connectivity index (χ2v) is 4.55. The molecule has 2 aromatic rings. The van der Waals surface area contributed by atoms with Gasteiger partial charge in [0.25, 0.3) is 5.91 Å². The minimum atomic E-state index is -0.746. The largest absolute Gasteiger partial charge is 0.452 e. The van der Waals surface area contributed by atoms with Crippen LogP contribution in [0.1, 0.15) is 20.7 Å². The van der Waals surface area contributed by atoms with Crippen molar-refractivity contribution in [2.24, 2.45) is 5.73 Å². The third kappa shape index (κ3) is 4.37. The van der Waals surface area contributed by atoms with Gasteiger partial charge >= 0.3 is 5.97 Å². The standard InChI is InChI=1S/C16H13FN2O4/c17-12-3-1-2-4-13(12)19-14(20)9-23-16(22)11-7-5-10(6-8-11)15(18)21/h1-8H,9H2,(H2,18,21)(H,19,20). The molecule has 0 bridgehead atoms. The number of nitrogens with two attached hydrogens (primary N) is 1. The molecule has 0 aliphatic carbocycles. The molecule has 6 nitrogen and oxygen atoms in total. The maximum atomic E-state index is 13.4. The van der Waals surface area contributed by atoms with E-state index in [1.165, 1.54) is 42.5 Å². The maximum absolute atomic E-state index is 13.4. The number of carbonyl (C=O) groups excluding carboxylic acids is 3. The van der Waals surface area contributed by atoms with Crippen molar-refractivity contribution in [2.75, 3.05) is 11.9 Å². The van der Waals surface area contributed by atoms with Crippen LogP contribution in [0.25, 0.3) is 0 Å². The Kier molecular flexibility index (Phi) is 5.03. The lowest BCUT2D eigenvalue weighted by Gasteiger charge is -2.07. The molecule has 0 radical (unpaired) electrons. The van der Waals surface area contributed by atoms with Crippen molar-refractivity contribution in [1.82, 2.24) is 0 Å². The highest BCUT2D eigenvalue weighted by molar-refractivity contribution is 5.97. The lowest BCUT2D eigenvalue weighted by atomic mass is 10.1. The molecule has 0 aromatic heterocycles.